The maximum absolute atomic E-state index is 5.57. The fraction of sp³-hybridized carbons (Fsp3) is 0.381. The van der Waals surface area contributed by atoms with Gasteiger partial charge in [-0.1, -0.05) is 6.07 Å². The summed E-state index contributed by atoms with van der Waals surface area (Å²) in [6, 6.07) is 11.6. The molecule has 0 unspecified atom stereocenters. The molecule has 1 aromatic carbocycles. The Hall–Kier alpha value is -3.29. The van der Waals surface area contributed by atoms with E-state index in [2.05, 4.69) is 25.8 Å². The molecule has 0 aliphatic rings. The molecule has 0 saturated carbocycles. The number of benzene rings is 1. The Morgan fingerprint density at radius 3 is 2.83 bits per heavy atom. The molecule has 0 spiro atoms. The predicted octanol–water partition coefficient (Wildman–Crippen LogP) is 3.15. The highest BCUT2D eigenvalue weighted by Gasteiger charge is 2.07. The van der Waals surface area contributed by atoms with Crippen molar-refractivity contribution < 1.29 is 9.47 Å². The van der Waals surface area contributed by atoms with Gasteiger partial charge < -0.3 is 20.1 Å². The highest BCUT2D eigenvalue weighted by atomic mass is 16.5. The summed E-state index contributed by atoms with van der Waals surface area (Å²) >= 11 is 0. The Kier molecular flexibility index (Phi) is 7.27. The highest BCUT2D eigenvalue weighted by molar-refractivity contribution is 5.93. The topological polar surface area (TPSA) is 85.1 Å². The van der Waals surface area contributed by atoms with Crippen molar-refractivity contribution >= 4 is 17.3 Å². The molecule has 2 aromatic heterocycles. The summed E-state index contributed by atoms with van der Waals surface area (Å²) in [5.41, 5.74) is 1.75. The standard InChI is InChI=1S/C21H28N6O2/c1-4-22-21(24-16-11-12-17(29-5-2)18(15-16)28-3)23-13-8-10-20-26-25-19-9-6-7-14-27(19)20/h6-7,9,11-12,14-15H,4-5,8,10,13H2,1-3H3,(H2,22,23,24). The number of nitrogens with zero attached hydrogens (tertiary/aromatic N) is 4. The fourth-order valence-corrected chi connectivity index (χ4v) is 2.95. The predicted molar refractivity (Wildman–Crippen MR) is 115 cm³/mol. The summed E-state index contributed by atoms with van der Waals surface area (Å²) in [5, 5.41) is 15.0. The number of rotatable bonds is 9. The highest BCUT2D eigenvalue weighted by Crippen LogP contribution is 2.30. The van der Waals surface area contributed by atoms with Gasteiger partial charge in [0, 0.05) is 37.5 Å². The number of anilines is 1. The lowest BCUT2D eigenvalue weighted by atomic mass is 10.2. The number of aromatic nitrogens is 3. The van der Waals surface area contributed by atoms with Gasteiger partial charge in [0.1, 0.15) is 5.82 Å². The molecule has 0 atom stereocenters. The molecule has 0 radical (unpaired) electrons. The molecule has 0 aliphatic heterocycles. The van der Waals surface area contributed by atoms with E-state index in [1.54, 1.807) is 7.11 Å². The van der Waals surface area contributed by atoms with Crippen molar-refractivity contribution in [3.8, 4) is 11.5 Å². The van der Waals surface area contributed by atoms with E-state index in [-0.39, 0.29) is 0 Å². The van der Waals surface area contributed by atoms with Gasteiger partial charge in [-0.3, -0.25) is 9.39 Å². The first-order chi connectivity index (χ1) is 14.2. The molecule has 3 rings (SSSR count). The van der Waals surface area contributed by atoms with Crippen molar-refractivity contribution in [2.75, 3.05) is 32.1 Å². The molecule has 0 fully saturated rings. The second-order valence-electron chi connectivity index (χ2n) is 6.33. The lowest BCUT2D eigenvalue weighted by Gasteiger charge is -2.14. The third kappa shape index (κ3) is 5.37. The number of aryl methyl sites for hydroxylation is 1. The molecular formula is C21H28N6O2. The number of hydrogen-bond acceptors (Lipinski definition) is 5. The van der Waals surface area contributed by atoms with Gasteiger partial charge in [-0.05, 0) is 44.5 Å². The van der Waals surface area contributed by atoms with Gasteiger partial charge >= 0.3 is 0 Å². The second kappa shape index (κ2) is 10.3. The first-order valence-electron chi connectivity index (χ1n) is 9.90. The summed E-state index contributed by atoms with van der Waals surface area (Å²) < 4.78 is 13.0. The Morgan fingerprint density at radius 1 is 1.14 bits per heavy atom. The van der Waals surface area contributed by atoms with Crippen LogP contribution in [0.1, 0.15) is 26.1 Å². The molecule has 2 heterocycles. The minimum Gasteiger partial charge on any atom is -0.493 e. The molecule has 0 saturated heterocycles. The van der Waals surface area contributed by atoms with E-state index in [4.69, 9.17) is 9.47 Å². The van der Waals surface area contributed by atoms with Gasteiger partial charge in [-0.2, -0.15) is 0 Å². The van der Waals surface area contributed by atoms with Gasteiger partial charge in [-0.15, -0.1) is 10.2 Å². The number of methoxy groups -OCH3 is 1. The smallest absolute Gasteiger partial charge is 0.195 e. The summed E-state index contributed by atoms with van der Waals surface area (Å²) in [4.78, 5) is 4.67. The quantitative estimate of drug-likeness (QED) is 0.328. The van der Waals surface area contributed by atoms with E-state index in [9.17, 15) is 0 Å². The van der Waals surface area contributed by atoms with Crippen LogP contribution in [-0.4, -0.2) is 47.4 Å². The molecule has 8 nitrogen and oxygen atoms in total. The van der Waals surface area contributed by atoms with Gasteiger partial charge in [0.05, 0.1) is 13.7 Å². The van der Waals surface area contributed by atoms with Crippen molar-refractivity contribution in [2.45, 2.75) is 26.7 Å². The molecule has 154 valence electrons. The van der Waals surface area contributed by atoms with E-state index in [1.807, 2.05) is 60.8 Å². The summed E-state index contributed by atoms with van der Waals surface area (Å²) in [7, 11) is 1.63. The SMILES string of the molecule is CCNC(=NCCCc1nnc2ccccn12)Nc1ccc(OCC)c(OC)c1. The molecular weight excluding hydrogens is 368 g/mol. The van der Waals surface area contributed by atoms with Crippen LogP contribution in [0.3, 0.4) is 0 Å². The average molecular weight is 396 g/mol. The van der Waals surface area contributed by atoms with E-state index in [0.29, 0.717) is 18.9 Å². The Balaban J connectivity index is 1.61. The van der Waals surface area contributed by atoms with Crippen molar-refractivity contribution in [1.82, 2.24) is 19.9 Å². The van der Waals surface area contributed by atoms with E-state index < -0.39 is 0 Å². The maximum Gasteiger partial charge on any atom is 0.195 e. The number of fused-ring (bicyclic) bond motifs is 1. The minimum atomic E-state index is 0.592. The third-order valence-corrected chi connectivity index (χ3v) is 4.28. The second-order valence-corrected chi connectivity index (χ2v) is 6.33. The summed E-state index contributed by atoms with van der Waals surface area (Å²) in [6.07, 6.45) is 3.67. The zero-order chi connectivity index (χ0) is 20.5. The van der Waals surface area contributed by atoms with Crippen molar-refractivity contribution in [3.63, 3.8) is 0 Å². The Bertz CT molecular complexity index is 953. The average Bonchev–Trinajstić information content (AvgIpc) is 3.15. The summed E-state index contributed by atoms with van der Waals surface area (Å²) in [6.45, 7) is 6.02. The van der Waals surface area contributed by atoms with Crippen LogP contribution in [0.15, 0.2) is 47.6 Å². The molecule has 0 amide bonds. The van der Waals surface area contributed by atoms with Crippen molar-refractivity contribution in [2.24, 2.45) is 4.99 Å². The van der Waals surface area contributed by atoms with Crippen LogP contribution in [0.2, 0.25) is 0 Å². The van der Waals surface area contributed by atoms with Crippen LogP contribution >= 0.6 is 0 Å². The number of pyridine rings is 1. The van der Waals surface area contributed by atoms with Crippen molar-refractivity contribution in [1.29, 1.82) is 0 Å². The van der Waals surface area contributed by atoms with E-state index in [1.165, 1.54) is 0 Å². The molecule has 2 N–H and O–H groups in total. The number of ether oxygens (including phenoxy) is 2. The third-order valence-electron chi connectivity index (χ3n) is 4.28. The lowest BCUT2D eigenvalue weighted by molar-refractivity contribution is 0.311. The largest absolute Gasteiger partial charge is 0.493 e. The number of guanidine groups is 1. The molecule has 0 aliphatic carbocycles. The van der Waals surface area contributed by atoms with Crippen molar-refractivity contribution in [3.05, 3.63) is 48.4 Å². The molecule has 8 heteroatoms. The number of hydrogen-bond donors (Lipinski definition) is 2. The number of nitrogens with one attached hydrogen (secondary N) is 2. The zero-order valence-electron chi connectivity index (χ0n) is 17.2. The maximum atomic E-state index is 5.57. The fourth-order valence-electron chi connectivity index (χ4n) is 2.95. The van der Waals surface area contributed by atoms with Gasteiger partial charge in [0.2, 0.25) is 0 Å². The van der Waals surface area contributed by atoms with Gasteiger partial charge in [0.15, 0.2) is 23.1 Å². The van der Waals surface area contributed by atoms with Crippen LogP contribution in [0, 0.1) is 0 Å². The molecule has 0 bridgehead atoms. The van der Waals surface area contributed by atoms with Crippen LogP contribution < -0.4 is 20.1 Å². The van der Waals surface area contributed by atoms with Crippen LogP contribution in [-0.2, 0) is 6.42 Å². The van der Waals surface area contributed by atoms with E-state index >= 15 is 0 Å². The molecule has 29 heavy (non-hydrogen) atoms. The van der Waals surface area contributed by atoms with Crippen LogP contribution in [0.4, 0.5) is 5.69 Å². The zero-order valence-corrected chi connectivity index (χ0v) is 17.2. The monoisotopic (exact) mass is 396 g/mol. The number of aliphatic imine (C=N–C) groups is 1. The summed E-state index contributed by atoms with van der Waals surface area (Å²) in [5.74, 6) is 3.09. The van der Waals surface area contributed by atoms with Crippen LogP contribution in [0.5, 0.6) is 11.5 Å². The minimum absolute atomic E-state index is 0.592. The molecule has 3 aromatic rings. The van der Waals surface area contributed by atoms with E-state index in [0.717, 1.165) is 48.3 Å². The van der Waals surface area contributed by atoms with Crippen LogP contribution in [0.25, 0.3) is 5.65 Å². The van der Waals surface area contributed by atoms with Gasteiger partial charge in [0.25, 0.3) is 0 Å². The Morgan fingerprint density at radius 2 is 2.03 bits per heavy atom. The normalized spacial score (nSPS) is 11.5. The first-order valence-corrected chi connectivity index (χ1v) is 9.90. The van der Waals surface area contributed by atoms with Gasteiger partial charge in [-0.25, -0.2) is 0 Å². The Labute approximate surface area is 171 Å². The first kappa shape index (κ1) is 20.4. The lowest BCUT2D eigenvalue weighted by Crippen LogP contribution is -2.30.